The molecule has 0 spiro atoms. The third-order valence-electron chi connectivity index (χ3n) is 4.01. The van der Waals surface area contributed by atoms with Crippen molar-refractivity contribution in [3.63, 3.8) is 0 Å². The summed E-state index contributed by atoms with van der Waals surface area (Å²) in [5, 5.41) is 2.93. The zero-order valence-corrected chi connectivity index (χ0v) is 16.1. The summed E-state index contributed by atoms with van der Waals surface area (Å²) in [6.45, 7) is 0. The number of nitrogens with one attached hydrogen (secondary N) is 1. The summed E-state index contributed by atoms with van der Waals surface area (Å²) >= 11 is 1.65. The number of amides is 1. The van der Waals surface area contributed by atoms with Crippen LogP contribution in [0.15, 0.2) is 77.7 Å². The molecule has 27 heavy (non-hydrogen) atoms. The maximum atomic E-state index is 12.8. The van der Waals surface area contributed by atoms with E-state index in [1.165, 1.54) is 5.56 Å². The van der Waals surface area contributed by atoms with Crippen molar-refractivity contribution >= 4 is 23.4 Å². The Morgan fingerprint density at radius 1 is 0.889 bits per heavy atom. The van der Waals surface area contributed by atoms with Crippen LogP contribution in [0.2, 0.25) is 0 Å². The van der Waals surface area contributed by atoms with Gasteiger partial charge in [-0.15, -0.1) is 11.8 Å². The van der Waals surface area contributed by atoms with Gasteiger partial charge in [-0.1, -0.05) is 42.5 Å². The monoisotopic (exact) mass is 379 g/mol. The maximum Gasteiger partial charge on any atom is 0.256 e. The largest absolute Gasteiger partial charge is 0.493 e. The number of methoxy groups -OCH3 is 2. The van der Waals surface area contributed by atoms with Crippen LogP contribution in [-0.2, 0) is 5.75 Å². The second-order valence-electron chi connectivity index (χ2n) is 5.79. The Morgan fingerprint density at radius 3 is 2.33 bits per heavy atom. The summed E-state index contributed by atoms with van der Waals surface area (Å²) in [5.74, 6) is 1.84. The van der Waals surface area contributed by atoms with Crippen molar-refractivity contribution in [2.45, 2.75) is 10.6 Å². The van der Waals surface area contributed by atoms with Crippen molar-refractivity contribution in [1.82, 2.24) is 0 Å². The van der Waals surface area contributed by atoms with Gasteiger partial charge in [-0.3, -0.25) is 4.79 Å². The lowest BCUT2D eigenvalue weighted by Gasteiger charge is -2.12. The van der Waals surface area contributed by atoms with Gasteiger partial charge in [-0.2, -0.15) is 0 Å². The molecule has 3 aromatic rings. The van der Waals surface area contributed by atoms with E-state index in [0.717, 1.165) is 10.6 Å². The number of anilines is 1. The lowest BCUT2D eigenvalue weighted by atomic mass is 10.2. The first-order valence-electron chi connectivity index (χ1n) is 8.50. The molecule has 0 unspecified atom stereocenters. The van der Waals surface area contributed by atoms with Gasteiger partial charge in [0.05, 0.1) is 19.8 Å². The van der Waals surface area contributed by atoms with Crippen LogP contribution >= 0.6 is 11.8 Å². The Hall–Kier alpha value is -2.92. The molecular weight excluding hydrogens is 358 g/mol. The molecule has 4 nitrogen and oxygen atoms in total. The summed E-state index contributed by atoms with van der Waals surface area (Å²) in [7, 11) is 3.15. The second kappa shape index (κ2) is 9.14. The SMILES string of the molecule is COc1ccc(NC(=O)c2ccccc2SCc2ccccc2)cc1OC. The number of benzene rings is 3. The standard InChI is InChI=1S/C22H21NO3S/c1-25-19-13-12-17(14-20(19)26-2)23-22(24)18-10-6-7-11-21(18)27-15-16-8-4-3-5-9-16/h3-14H,15H2,1-2H3,(H,23,24). The predicted octanol–water partition coefficient (Wildman–Crippen LogP) is 5.25. The fraction of sp³-hybridized carbons (Fsp3) is 0.136. The van der Waals surface area contributed by atoms with E-state index in [1.807, 2.05) is 42.5 Å². The molecule has 0 aromatic heterocycles. The Kier molecular flexibility index (Phi) is 6.39. The average molecular weight is 379 g/mol. The van der Waals surface area contributed by atoms with E-state index < -0.39 is 0 Å². The van der Waals surface area contributed by atoms with E-state index in [-0.39, 0.29) is 5.91 Å². The number of thioether (sulfide) groups is 1. The Balaban J connectivity index is 1.75. The quantitative estimate of drug-likeness (QED) is 0.570. The molecule has 0 fully saturated rings. The zero-order valence-electron chi connectivity index (χ0n) is 15.3. The summed E-state index contributed by atoms with van der Waals surface area (Å²) in [6.07, 6.45) is 0. The normalized spacial score (nSPS) is 10.3. The number of carbonyl (C=O) groups is 1. The molecule has 3 rings (SSSR count). The average Bonchev–Trinajstić information content (AvgIpc) is 2.73. The van der Waals surface area contributed by atoms with E-state index in [2.05, 4.69) is 17.4 Å². The number of carbonyl (C=O) groups excluding carboxylic acids is 1. The van der Waals surface area contributed by atoms with Crippen LogP contribution in [0.3, 0.4) is 0 Å². The minimum atomic E-state index is -0.154. The molecule has 0 atom stereocenters. The molecule has 0 bridgehead atoms. The van der Waals surface area contributed by atoms with Crippen LogP contribution in [0, 0.1) is 0 Å². The fourth-order valence-electron chi connectivity index (χ4n) is 2.63. The first kappa shape index (κ1) is 18.9. The van der Waals surface area contributed by atoms with Crippen molar-refractivity contribution < 1.29 is 14.3 Å². The fourth-order valence-corrected chi connectivity index (χ4v) is 3.63. The minimum absolute atomic E-state index is 0.154. The molecule has 0 saturated carbocycles. The Morgan fingerprint density at radius 2 is 1.59 bits per heavy atom. The van der Waals surface area contributed by atoms with Crippen molar-refractivity contribution in [1.29, 1.82) is 0 Å². The van der Waals surface area contributed by atoms with Crippen LogP contribution in [0.5, 0.6) is 11.5 Å². The van der Waals surface area contributed by atoms with Crippen LogP contribution in [0.1, 0.15) is 15.9 Å². The Bertz CT molecular complexity index is 912. The van der Waals surface area contributed by atoms with Crippen LogP contribution in [-0.4, -0.2) is 20.1 Å². The molecule has 1 amide bonds. The third-order valence-corrected chi connectivity index (χ3v) is 5.15. The van der Waals surface area contributed by atoms with Crippen molar-refractivity contribution in [2.75, 3.05) is 19.5 Å². The smallest absolute Gasteiger partial charge is 0.256 e. The number of hydrogen-bond acceptors (Lipinski definition) is 4. The molecule has 3 aromatic carbocycles. The molecule has 0 heterocycles. The lowest BCUT2D eigenvalue weighted by molar-refractivity contribution is 0.102. The van der Waals surface area contributed by atoms with Crippen molar-refractivity contribution in [3.05, 3.63) is 83.9 Å². The van der Waals surface area contributed by atoms with E-state index in [0.29, 0.717) is 22.7 Å². The second-order valence-corrected chi connectivity index (χ2v) is 6.81. The molecule has 0 saturated heterocycles. The van der Waals surface area contributed by atoms with Gasteiger partial charge in [-0.25, -0.2) is 0 Å². The number of rotatable bonds is 7. The van der Waals surface area contributed by atoms with Gasteiger partial charge >= 0.3 is 0 Å². The Labute approximate surface area is 163 Å². The van der Waals surface area contributed by atoms with Gasteiger partial charge < -0.3 is 14.8 Å². The highest BCUT2D eigenvalue weighted by molar-refractivity contribution is 7.98. The predicted molar refractivity (Wildman–Crippen MR) is 110 cm³/mol. The minimum Gasteiger partial charge on any atom is -0.493 e. The third kappa shape index (κ3) is 4.83. The molecule has 1 N–H and O–H groups in total. The molecule has 0 aliphatic rings. The van der Waals surface area contributed by atoms with Gasteiger partial charge in [0.1, 0.15) is 0 Å². The van der Waals surface area contributed by atoms with E-state index in [4.69, 9.17) is 9.47 Å². The van der Waals surface area contributed by atoms with Crippen molar-refractivity contribution in [3.8, 4) is 11.5 Å². The molecular formula is C22H21NO3S. The summed E-state index contributed by atoms with van der Waals surface area (Å²) in [4.78, 5) is 13.7. The summed E-state index contributed by atoms with van der Waals surface area (Å²) < 4.78 is 10.5. The van der Waals surface area contributed by atoms with Crippen LogP contribution in [0.25, 0.3) is 0 Å². The first-order valence-corrected chi connectivity index (χ1v) is 9.49. The van der Waals surface area contributed by atoms with Crippen molar-refractivity contribution in [2.24, 2.45) is 0 Å². The maximum absolute atomic E-state index is 12.8. The van der Waals surface area contributed by atoms with Gasteiger partial charge in [0.25, 0.3) is 5.91 Å². The highest BCUT2D eigenvalue weighted by Gasteiger charge is 2.13. The summed E-state index contributed by atoms with van der Waals surface area (Å²) in [5.41, 5.74) is 2.52. The molecule has 0 radical (unpaired) electrons. The van der Waals surface area contributed by atoms with Gasteiger partial charge in [0.2, 0.25) is 0 Å². The van der Waals surface area contributed by atoms with Gasteiger partial charge in [0.15, 0.2) is 11.5 Å². The first-order chi connectivity index (χ1) is 13.2. The molecule has 138 valence electrons. The van der Waals surface area contributed by atoms with E-state index >= 15 is 0 Å². The molecule has 0 aliphatic heterocycles. The number of ether oxygens (including phenoxy) is 2. The topological polar surface area (TPSA) is 47.6 Å². The van der Waals surface area contributed by atoms with E-state index in [1.54, 1.807) is 44.2 Å². The number of hydrogen-bond donors (Lipinski definition) is 1. The lowest BCUT2D eigenvalue weighted by Crippen LogP contribution is -2.13. The molecule has 0 aliphatic carbocycles. The van der Waals surface area contributed by atoms with Crippen LogP contribution < -0.4 is 14.8 Å². The molecule has 5 heteroatoms. The van der Waals surface area contributed by atoms with Gasteiger partial charge in [-0.05, 0) is 29.8 Å². The van der Waals surface area contributed by atoms with Crippen LogP contribution in [0.4, 0.5) is 5.69 Å². The zero-order chi connectivity index (χ0) is 19.1. The highest BCUT2D eigenvalue weighted by atomic mass is 32.2. The van der Waals surface area contributed by atoms with Gasteiger partial charge in [0, 0.05) is 22.4 Å². The van der Waals surface area contributed by atoms with E-state index in [9.17, 15) is 4.79 Å². The summed E-state index contributed by atoms with van der Waals surface area (Å²) in [6, 6.07) is 23.1. The highest BCUT2D eigenvalue weighted by Crippen LogP contribution is 2.31.